The number of benzene rings is 1. The van der Waals surface area contributed by atoms with Gasteiger partial charge in [-0.3, -0.25) is 0 Å². The van der Waals surface area contributed by atoms with Gasteiger partial charge in [0.2, 0.25) is 0 Å². The third kappa shape index (κ3) is 3.60. The summed E-state index contributed by atoms with van der Waals surface area (Å²) in [6.07, 6.45) is 4.60. The van der Waals surface area contributed by atoms with Crippen LogP contribution in [0.2, 0.25) is 0 Å². The molecule has 0 aromatic heterocycles. The lowest BCUT2D eigenvalue weighted by Crippen LogP contribution is -2.59. The average Bonchev–Trinajstić information content (AvgIpc) is 2.60. The van der Waals surface area contributed by atoms with Crippen molar-refractivity contribution >= 4 is 21.6 Å². The zero-order valence-electron chi connectivity index (χ0n) is 15.2. The molecule has 1 saturated carbocycles. The van der Waals surface area contributed by atoms with E-state index in [1.54, 1.807) is 18.2 Å². The number of anilines is 1. The van der Waals surface area contributed by atoms with Gasteiger partial charge in [0.25, 0.3) is 0 Å². The topological polar surface area (TPSA) is 84.9 Å². The number of nitrogens with zero attached hydrogens (tertiary/aromatic N) is 1. The number of ether oxygens (including phenoxy) is 2. The van der Waals surface area contributed by atoms with Crippen LogP contribution >= 0.6 is 0 Å². The smallest absolute Gasteiger partial charge is 0.322 e. The molecule has 2 aliphatic rings. The number of para-hydroxylation sites is 1. The van der Waals surface area contributed by atoms with Gasteiger partial charge in [0, 0.05) is 13.1 Å². The highest BCUT2D eigenvalue weighted by molar-refractivity contribution is 7.92. The van der Waals surface area contributed by atoms with Crippen molar-refractivity contribution in [2.75, 3.05) is 32.6 Å². The maximum atomic E-state index is 12.7. The maximum Gasteiger partial charge on any atom is 0.322 e. The summed E-state index contributed by atoms with van der Waals surface area (Å²) in [6.45, 7) is 0.494. The van der Waals surface area contributed by atoms with E-state index in [9.17, 15) is 13.2 Å². The van der Waals surface area contributed by atoms with E-state index in [2.05, 4.69) is 5.32 Å². The Morgan fingerprint density at radius 3 is 2.38 bits per heavy atom. The normalized spacial score (nSPS) is 18.9. The number of nitrogens with one attached hydrogen (secondary N) is 1. The van der Waals surface area contributed by atoms with E-state index in [4.69, 9.17) is 9.47 Å². The molecule has 0 spiro atoms. The van der Waals surface area contributed by atoms with E-state index >= 15 is 0 Å². The SMILES string of the molecule is COc1cccc(NC(=O)N2CC(S(=O)(=O)C3CCCCC3)C2)c1OC. The number of sulfone groups is 1. The van der Waals surface area contributed by atoms with Gasteiger partial charge < -0.3 is 19.7 Å². The highest BCUT2D eigenvalue weighted by atomic mass is 32.2. The molecular weight excluding hydrogens is 356 g/mol. The number of rotatable bonds is 5. The summed E-state index contributed by atoms with van der Waals surface area (Å²) >= 11 is 0. The molecule has 0 unspecified atom stereocenters. The maximum absolute atomic E-state index is 12.7. The van der Waals surface area contributed by atoms with Crippen LogP contribution in [-0.2, 0) is 9.84 Å². The van der Waals surface area contributed by atoms with Gasteiger partial charge in [-0.05, 0) is 25.0 Å². The van der Waals surface area contributed by atoms with Crippen molar-refractivity contribution in [2.24, 2.45) is 0 Å². The largest absolute Gasteiger partial charge is 0.493 e. The fourth-order valence-electron chi connectivity index (χ4n) is 3.66. The molecule has 2 amide bonds. The van der Waals surface area contributed by atoms with Crippen LogP contribution in [0.5, 0.6) is 11.5 Å². The average molecular weight is 382 g/mol. The van der Waals surface area contributed by atoms with Crippen molar-refractivity contribution in [2.45, 2.75) is 42.6 Å². The van der Waals surface area contributed by atoms with Crippen molar-refractivity contribution in [1.29, 1.82) is 0 Å². The number of methoxy groups -OCH3 is 2. The van der Waals surface area contributed by atoms with Gasteiger partial charge in [-0.25, -0.2) is 13.2 Å². The van der Waals surface area contributed by atoms with Gasteiger partial charge in [0.05, 0.1) is 30.4 Å². The van der Waals surface area contributed by atoms with Crippen LogP contribution in [0.3, 0.4) is 0 Å². The monoisotopic (exact) mass is 382 g/mol. The second kappa shape index (κ2) is 7.73. The third-order valence-corrected chi connectivity index (χ3v) is 7.89. The molecule has 8 heteroatoms. The Morgan fingerprint density at radius 2 is 1.77 bits per heavy atom. The third-order valence-electron chi connectivity index (χ3n) is 5.26. The van der Waals surface area contributed by atoms with Crippen LogP contribution < -0.4 is 14.8 Å². The summed E-state index contributed by atoms with van der Waals surface area (Å²) in [5.74, 6) is 0.960. The first kappa shape index (κ1) is 18.8. The molecule has 0 radical (unpaired) electrons. The Balaban J connectivity index is 1.60. The molecule has 1 aromatic carbocycles. The number of likely N-dealkylation sites (tertiary alicyclic amines) is 1. The number of urea groups is 1. The van der Waals surface area contributed by atoms with Gasteiger partial charge >= 0.3 is 6.03 Å². The molecule has 144 valence electrons. The Labute approximate surface area is 154 Å². The molecule has 1 aromatic rings. The van der Waals surface area contributed by atoms with Gasteiger partial charge in [-0.2, -0.15) is 0 Å². The molecular formula is C18H26N2O5S. The summed E-state index contributed by atoms with van der Waals surface area (Å²) in [4.78, 5) is 14.0. The van der Waals surface area contributed by atoms with E-state index in [0.717, 1.165) is 32.1 Å². The lowest BCUT2D eigenvalue weighted by molar-refractivity contribution is 0.182. The highest BCUT2D eigenvalue weighted by Crippen LogP contribution is 2.35. The Kier molecular flexibility index (Phi) is 5.60. The quantitative estimate of drug-likeness (QED) is 0.846. The standard InChI is InChI=1S/C18H26N2O5S/c1-24-16-10-6-9-15(17(16)25-2)19-18(21)20-11-14(12-20)26(22,23)13-7-4-3-5-8-13/h6,9-10,13-14H,3-5,7-8,11-12H2,1-2H3,(H,19,21). The second-order valence-electron chi connectivity index (χ2n) is 6.85. The second-order valence-corrected chi connectivity index (χ2v) is 9.36. The van der Waals surface area contributed by atoms with Crippen LogP contribution in [-0.4, -0.2) is 57.2 Å². The molecule has 3 rings (SSSR count). The Bertz CT molecular complexity index is 753. The molecule has 0 bridgehead atoms. The van der Waals surface area contributed by atoms with Crippen molar-refractivity contribution in [3.63, 3.8) is 0 Å². The minimum Gasteiger partial charge on any atom is -0.493 e. The van der Waals surface area contributed by atoms with E-state index in [0.29, 0.717) is 17.2 Å². The van der Waals surface area contributed by atoms with Crippen LogP contribution in [0, 0.1) is 0 Å². The number of carbonyl (C=O) groups excluding carboxylic acids is 1. The highest BCUT2D eigenvalue weighted by Gasteiger charge is 2.43. The summed E-state index contributed by atoms with van der Waals surface area (Å²) in [6, 6.07) is 4.88. The molecule has 1 aliphatic carbocycles. The minimum atomic E-state index is -3.15. The summed E-state index contributed by atoms with van der Waals surface area (Å²) < 4.78 is 35.9. The van der Waals surface area contributed by atoms with Crippen molar-refractivity contribution in [3.05, 3.63) is 18.2 Å². The molecule has 1 heterocycles. The number of carbonyl (C=O) groups is 1. The van der Waals surface area contributed by atoms with Crippen molar-refractivity contribution < 1.29 is 22.7 Å². The first-order valence-electron chi connectivity index (χ1n) is 8.97. The first-order chi connectivity index (χ1) is 12.5. The van der Waals surface area contributed by atoms with Crippen molar-refractivity contribution in [1.82, 2.24) is 4.90 Å². The van der Waals surface area contributed by atoms with E-state index in [1.165, 1.54) is 19.1 Å². The fraction of sp³-hybridized carbons (Fsp3) is 0.611. The zero-order chi connectivity index (χ0) is 18.7. The van der Waals surface area contributed by atoms with Gasteiger partial charge in [0.1, 0.15) is 0 Å². The van der Waals surface area contributed by atoms with Crippen LogP contribution in [0.4, 0.5) is 10.5 Å². The molecule has 7 nitrogen and oxygen atoms in total. The number of amides is 2. The molecule has 26 heavy (non-hydrogen) atoms. The lowest BCUT2D eigenvalue weighted by Gasteiger charge is -2.40. The Morgan fingerprint density at radius 1 is 1.08 bits per heavy atom. The zero-order valence-corrected chi connectivity index (χ0v) is 16.0. The Hall–Kier alpha value is -1.96. The van der Waals surface area contributed by atoms with E-state index < -0.39 is 15.1 Å². The number of hydrogen-bond acceptors (Lipinski definition) is 5. The van der Waals surface area contributed by atoms with E-state index in [-0.39, 0.29) is 24.4 Å². The first-order valence-corrected chi connectivity index (χ1v) is 10.6. The molecule has 1 saturated heterocycles. The van der Waals surface area contributed by atoms with Crippen LogP contribution in [0.25, 0.3) is 0 Å². The van der Waals surface area contributed by atoms with Gasteiger partial charge in [-0.15, -0.1) is 0 Å². The molecule has 2 fully saturated rings. The van der Waals surface area contributed by atoms with Crippen molar-refractivity contribution in [3.8, 4) is 11.5 Å². The fourth-order valence-corrected chi connectivity index (χ4v) is 5.97. The lowest BCUT2D eigenvalue weighted by atomic mass is 10.0. The number of hydrogen-bond donors (Lipinski definition) is 1. The van der Waals surface area contributed by atoms with E-state index in [1.807, 2.05) is 0 Å². The summed E-state index contributed by atoms with van der Waals surface area (Å²) in [7, 11) is -0.123. The summed E-state index contributed by atoms with van der Waals surface area (Å²) in [5, 5.41) is 2.10. The predicted octanol–water partition coefficient (Wildman–Crippen LogP) is 2.67. The van der Waals surface area contributed by atoms with Gasteiger partial charge in [-0.1, -0.05) is 25.3 Å². The molecule has 1 aliphatic heterocycles. The van der Waals surface area contributed by atoms with Crippen LogP contribution in [0.1, 0.15) is 32.1 Å². The molecule has 1 N–H and O–H groups in total. The molecule has 0 atom stereocenters. The minimum absolute atomic E-state index is 0.232. The summed E-state index contributed by atoms with van der Waals surface area (Å²) in [5.41, 5.74) is 0.496. The predicted molar refractivity (Wildman–Crippen MR) is 99.7 cm³/mol. The van der Waals surface area contributed by atoms with Crippen LogP contribution in [0.15, 0.2) is 18.2 Å². The van der Waals surface area contributed by atoms with Gasteiger partial charge in [0.15, 0.2) is 21.3 Å².